The van der Waals surface area contributed by atoms with E-state index in [9.17, 15) is 4.79 Å². The fourth-order valence-corrected chi connectivity index (χ4v) is 2.59. The lowest BCUT2D eigenvalue weighted by Gasteiger charge is -2.33. The molecule has 0 saturated heterocycles. The summed E-state index contributed by atoms with van der Waals surface area (Å²) in [6.07, 6.45) is 5.93. The van der Waals surface area contributed by atoms with Gasteiger partial charge in [-0.2, -0.15) is 0 Å². The van der Waals surface area contributed by atoms with Crippen LogP contribution in [0.5, 0.6) is 0 Å². The largest absolute Gasteiger partial charge is 0.383 e. The molecule has 0 radical (unpaired) electrons. The minimum Gasteiger partial charge on any atom is -0.383 e. The Morgan fingerprint density at radius 1 is 1.33 bits per heavy atom. The molecule has 4 heteroatoms. The van der Waals surface area contributed by atoms with E-state index in [4.69, 9.17) is 10.5 Å². The highest BCUT2D eigenvalue weighted by molar-refractivity contribution is 5.77. The summed E-state index contributed by atoms with van der Waals surface area (Å²) in [4.78, 5) is 12.1. The normalized spacial score (nSPS) is 20.7. The highest BCUT2D eigenvalue weighted by Crippen LogP contribution is 2.28. The predicted molar refractivity (Wildman–Crippen MR) is 73.3 cm³/mol. The number of carbonyl (C=O) groups excluding carboxylic acids is 1. The van der Waals surface area contributed by atoms with E-state index in [0.717, 1.165) is 25.7 Å². The van der Waals surface area contributed by atoms with Crippen molar-refractivity contribution in [3.8, 4) is 0 Å². The van der Waals surface area contributed by atoms with Gasteiger partial charge in [0.05, 0.1) is 12.6 Å². The van der Waals surface area contributed by atoms with Crippen LogP contribution in [0.25, 0.3) is 0 Å². The maximum Gasteiger partial charge on any atom is 0.222 e. The molecule has 106 valence electrons. The Bertz CT molecular complexity index is 261. The quantitative estimate of drug-likeness (QED) is 0.762. The second-order valence-electron chi connectivity index (χ2n) is 5.97. The Balaban J connectivity index is 2.43. The number of ether oxygens (including phenoxy) is 1. The molecule has 0 aliphatic heterocycles. The van der Waals surface area contributed by atoms with Crippen LogP contribution in [0.1, 0.15) is 52.4 Å². The van der Waals surface area contributed by atoms with Gasteiger partial charge in [0.25, 0.3) is 0 Å². The molecular formula is C14H28N2O2. The molecule has 1 aliphatic rings. The SMILES string of the molecule is COCC(NC(=O)CC1(N)CCCCC1)C(C)C. The minimum atomic E-state index is -0.281. The highest BCUT2D eigenvalue weighted by atomic mass is 16.5. The Kier molecular flexibility index (Phi) is 6.09. The van der Waals surface area contributed by atoms with Crippen molar-refractivity contribution in [1.82, 2.24) is 5.32 Å². The molecule has 3 N–H and O–H groups in total. The van der Waals surface area contributed by atoms with Gasteiger partial charge in [-0.1, -0.05) is 33.1 Å². The van der Waals surface area contributed by atoms with Crippen LogP contribution < -0.4 is 11.1 Å². The minimum absolute atomic E-state index is 0.0650. The summed E-state index contributed by atoms with van der Waals surface area (Å²) in [6, 6.07) is 0.0784. The molecule has 0 aromatic heterocycles. The van der Waals surface area contributed by atoms with E-state index in [-0.39, 0.29) is 17.5 Å². The molecule has 1 amide bonds. The molecule has 1 saturated carbocycles. The third-order valence-corrected chi connectivity index (χ3v) is 3.86. The van der Waals surface area contributed by atoms with Gasteiger partial charge >= 0.3 is 0 Å². The van der Waals surface area contributed by atoms with Gasteiger partial charge in [0.1, 0.15) is 0 Å². The van der Waals surface area contributed by atoms with Gasteiger partial charge in [-0.25, -0.2) is 0 Å². The molecule has 1 fully saturated rings. The van der Waals surface area contributed by atoms with E-state index in [0.29, 0.717) is 18.9 Å². The molecular weight excluding hydrogens is 228 g/mol. The average molecular weight is 256 g/mol. The van der Waals surface area contributed by atoms with E-state index in [1.54, 1.807) is 7.11 Å². The Morgan fingerprint density at radius 3 is 2.44 bits per heavy atom. The van der Waals surface area contributed by atoms with Crippen LogP contribution >= 0.6 is 0 Å². The van der Waals surface area contributed by atoms with Crippen LogP contribution in [0, 0.1) is 5.92 Å². The maximum absolute atomic E-state index is 12.1. The van der Waals surface area contributed by atoms with E-state index < -0.39 is 0 Å². The van der Waals surface area contributed by atoms with Crippen LogP contribution in [-0.4, -0.2) is 31.2 Å². The first kappa shape index (κ1) is 15.4. The van der Waals surface area contributed by atoms with Crippen LogP contribution in [0.15, 0.2) is 0 Å². The number of rotatable bonds is 6. The fraction of sp³-hybridized carbons (Fsp3) is 0.929. The monoisotopic (exact) mass is 256 g/mol. The zero-order valence-corrected chi connectivity index (χ0v) is 12.0. The van der Waals surface area contributed by atoms with Gasteiger partial charge in [-0.15, -0.1) is 0 Å². The first-order valence-corrected chi connectivity index (χ1v) is 7.04. The molecule has 1 unspecified atom stereocenters. The zero-order valence-electron chi connectivity index (χ0n) is 12.0. The summed E-state index contributed by atoms with van der Waals surface area (Å²) in [5.41, 5.74) is 6.01. The van der Waals surface area contributed by atoms with Crippen molar-refractivity contribution in [3.05, 3.63) is 0 Å². The van der Waals surface area contributed by atoms with Crippen molar-refractivity contribution in [2.75, 3.05) is 13.7 Å². The molecule has 1 atom stereocenters. The smallest absolute Gasteiger partial charge is 0.222 e. The van der Waals surface area contributed by atoms with Gasteiger partial charge in [-0.05, 0) is 18.8 Å². The topological polar surface area (TPSA) is 64.3 Å². The molecule has 0 bridgehead atoms. The van der Waals surface area contributed by atoms with Crippen LogP contribution in [0.2, 0.25) is 0 Å². The lowest BCUT2D eigenvalue weighted by atomic mass is 9.80. The summed E-state index contributed by atoms with van der Waals surface area (Å²) < 4.78 is 5.14. The van der Waals surface area contributed by atoms with Gasteiger partial charge in [-0.3, -0.25) is 4.79 Å². The molecule has 0 aromatic carbocycles. The van der Waals surface area contributed by atoms with Crippen molar-refractivity contribution in [2.24, 2.45) is 11.7 Å². The highest BCUT2D eigenvalue weighted by Gasteiger charge is 2.30. The Labute approximate surface area is 111 Å². The molecule has 1 aliphatic carbocycles. The Morgan fingerprint density at radius 2 is 1.94 bits per heavy atom. The van der Waals surface area contributed by atoms with E-state index >= 15 is 0 Å². The predicted octanol–water partition coefficient (Wildman–Crippen LogP) is 1.83. The first-order chi connectivity index (χ1) is 8.47. The summed E-state index contributed by atoms with van der Waals surface area (Å²) >= 11 is 0. The third-order valence-electron chi connectivity index (χ3n) is 3.86. The van der Waals surface area contributed by atoms with Crippen LogP contribution in [0.3, 0.4) is 0 Å². The lowest BCUT2D eigenvalue weighted by Crippen LogP contribution is -2.49. The molecule has 1 rings (SSSR count). The van der Waals surface area contributed by atoms with Gasteiger partial charge in [0, 0.05) is 19.1 Å². The summed E-state index contributed by atoms with van der Waals surface area (Å²) in [7, 11) is 1.66. The number of hydrogen-bond acceptors (Lipinski definition) is 3. The number of amides is 1. The van der Waals surface area contributed by atoms with Crippen molar-refractivity contribution in [2.45, 2.75) is 64.0 Å². The number of hydrogen-bond donors (Lipinski definition) is 2. The molecule has 4 nitrogen and oxygen atoms in total. The van der Waals surface area contributed by atoms with Gasteiger partial charge < -0.3 is 15.8 Å². The first-order valence-electron chi connectivity index (χ1n) is 7.04. The molecule has 0 spiro atoms. The van der Waals surface area contributed by atoms with E-state index in [1.807, 2.05) is 0 Å². The number of carbonyl (C=O) groups is 1. The summed E-state index contributed by atoms with van der Waals surface area (Å²) in [5, 5.41) is 3.05. The second-order valence-corrected chi connectivity index (χ2v) is 5.97. The summed E-state index contributed by atoms with van der Waals surface area (Å²) in [5.74, 6) is 0.434. The number of nitrogens with one attached hydrogen (secondary N) is 1. The zero-order chi connectivity index (χ0) is 13.6. The Hall–Kier alpha value is -0.610. The molecule has 0 heterocycles. The van der Waals surface area contributed by atoms with E-state index in [2.05, 4.69) is 19.2 Å². The second kappa shape index (κ2) is 7.10. The lowest BCUT2D eigenvalue weighted by molar-refractivity contribution is -0.124. The van der Waals surface area contributed by atoms with Gasteiger partial charge in [0.15, 0.2) is 0 Å². The van der Waals surface area contributed by atoms with Gasteiger partial charge in [0.2, 0.25) is 5.91 Å². The standard InChI is InChI=1S/C14H28N2O2/c1-11(2)12(10-18-3)16-13(17)9-14(15)7-5-4-6-8-14/h11-12H,4-10,15H2,1-3H3,(H,16,17). The van der Waals surface area contributed by atoms with Crippen molar-refractivity contribution >= 4 is 5.91 Å². The maximum atomic E-state index is 12.1. The van der Waals surface area contributed by atoms with Crippen molar-refractivity contribution < 1.29 is 9.53 Å². The van der Waals surface area contributed by atoms with Crippen LogP contribution in [-0.2, 0) is 9.53 Å². The number of methoxy groups -OCH3 is 1. The molecule has 18 heavy (non-hydrogen) atoms. The average Bonchev–Trinajstić information content (AvgIpc) is 2.28. The summed E-state index contributed by atoms with van der Waals surface area (Å²) in [6.45, 7) is 4.73. The van der Waals surface area contributed by atoms with Crippen molar-refractivity contribution in [1.29, 1.82) is 0 Å². The number of nitrogens with two attached hydrogens (primary N) is 1. The third kappa shape index (κ3) is 4.94. The van der Waals surface area contributed by atoms with Crippen LogP contribution in [0.4, 0.5) is 0 Å². The van der Waals surface area contributed by atoms with E-state index in [1.165, 1.54) is 6.42 Å². The van der Waals surface area contributed by atoms with Crippen molar-refractivity contribution in [3.63, 3.8) is 0 Å². The fourth-order valence-electron chi connectivity index (χ4n) is 2.59. The molecule has 0 aromatic rings.